The highest BCUT2D eigenvalue weighted by molar-refractivity contribution is 7.71. The van der Waals surface area contributed by atoms with Crippen LogP contribution in [-0.4, -0.2) is 20.2 Å². The Kier molecular flexibility index (Phi) is 3.27. The van der Waals surface area contributed by atoms with Crippen LogP contribution in [0.5, 0.6) is 0 Å². The lowest BCUT2D eigenvalue weighted by atomic mass is 10.2. The van der Waals surface area contributed by atoms with E-state index in [1.807, 2.05) is 18.2 Å². The molecule has 0 spiro atoms. The molecule has 0 atom stereocenters. The van der Waals surface area contributed by atoms with Crippen molar-refractivity contribution in [3.05, 3.63) is 40.8 Å². The quantitative estimate of drug-likeness (QED) is 0.720. The van der Waals surface area contributed by atoms with Gasteiger partial charge >= 0.3 is 0 Å². The van der Waals surface area contributed by atoms with Crippen LogP contribution in [0.2, 0.25) is 0 Å². The number of nitrogens with one attached hydrogen (secondary N) is 2. The predicted octanol–water partition coefficient (Wildman–Crippen LogP) is 3.82. The minimum atomic E-state index is 0.465. The van der Waals surface area contributed by atoms with Gasteiger partial charge in [-0.15, -0.1) is 11.3 Å². The van der Waals surface area contributed by atoms with Crippen LogP contribution in [0.15, 0.2) is 30.3 Å². The van der Waals surface area contributed by atoms with Crippen LogP contribution >= 0.6 is 23.6 Å². The number of aromatic nitrogens is 4. The van der Waals surface area contributed by atoms with Crippen molar-refractivity contribution in [2.24, 2.45) is 0 Å². The number of thiazole rings is 1. The first-order valence-corrected chi connectivity index (χ1v) is 7.20. The molecule has 0 unspecified atom stereocenters. The maximum Gasteiger partial charge on any atom is 0.213 e. The van der Waals surface area contributed by atoms with Gasteiger partial charge in [-0.2, -0.15) is 4.98 Å². The van der Waals surface area contributed by atoms with Gasteiger partial charge in [-0.1, -0.05) is 37.3 Å². The van der Waals surface area contributed by atoms with E-state index in [1.165, 1.54) is 0 Å². The maximum atomic E-state index is 5.00. The average Bonchev–Trinajstić information content (AvgIpc) is 3.05. The molecule has 0 aliphatic heterocycles. The predicted molar refractivity (Wildman–Crippen MR) is 79.7 cm³/mol. The van der Waals surface area contributed by atoms with Crippen molar-refractivity contribution in [1.82, 2.24) is 20.2 Å². The Labute approximate surface area is 119 Å². The molecular formula is C13H12N4S2. The summed E-state index contributed by atoms with van der Waals surface area (Å²) >= 11 is 6.63. The van der Waals surface area contributed by atoms with Crippen molar-refractivity contribution in [3.8, 4) is 21.3 Å². The van der Waals surface area contributed by atoms with Crippen molar-refractivity contribution in [3.63, 3.8) is 0 Å². The van der Waals surface area contributed by atoms with E-state index in [0.717, 1.165) is 33.4 Å². The van der Waals surface area contributed by atoms with Gasteiger partial charge in [0.1, 0.15) is 5.01 Å². The standard InChI is InChI=1S/C13H12N4S2/c1-2-9-10(11-15-13(18)17-16-11)19-12(14-9)8-6-4-3-5-7-8/h3-7H,2H2,1H3,(H2,15,16,17,18). The van der Waals surface area contributed by atoms with Gasteiger partial charge in [0.2, 0.25) is 4.77 Å². The van der Waals surface area contributed by atoms with E-state index in [4.69, 9.17) is 17.2 Å². The van der Waals surface area contributed by atoms with E-state index < -0.39 is 0 Å². The first kappa shape index (κ1) is 12.3. The zero-order chi connectivity index (χ0) is 13.2. The minimum absolute atomic E-state index is 0.465. The lowest BCUT2D eigenvalue weighted by Crippen LogP contribution is -1.86. The van der Waals surface area contributed by atoms with Gasteiger partial charge in [-0.25, -0.2) is 4.98 Å². The molecule has 2 N–H and O–H groups in total. The summed E-state index contributed by atoms with van der Waals surface area (Å²) in [6.07, 6.45) is 0.867. The fraction of sp³-hybridized carbons (Fsp3) is 0.154. The Hall–Kier alpha value is -1.79. The molecule has 0 bridgehead atoms. The highest BCUT2D eigenvalue weighted by Gasteiger charge is 2.14. The number of hydrogen-bond donors (Lipinski definition) is 2. The summed E-state index contributed by atoms with van der Waals surface area (Å²) in [5.74, 6) is 0.765. The average molecular weight is 288 g/mol. The molecule has 0 saturated heterocycles. The molecule has 6 heteroatoms. The van der Waals surface area contributed by atoms with Crippen LogP contribution in [0, 0.1) is 4.77 Å². The van der Waals surface area contributed by atoms with E-state index >= 15 is 0 Å². The minimum Gasteiger partial charge on any atom is -0.281 e. The summed E-state index contributed by atoms with van der Waals surface area (Å²) in [5, 5.41) is 6.83. The highest BCUT2D eigenvalue weighted by atomic mass is 32.1. The smallest absolute Gasteiger partial charge is 0.213 e. The topological polar surface area (TPSA) is 57.4 Å². The van der Waals surface area contributed by atoms with Crippen molar-refractivity contribution >= 4 is 23.6 Å². The molecule has 0 fully saturated rings. The van der Waals surface area contributed by atoms with Crippen molar-refractivity contribution < 1.29 is 0 Å². The van der Waals surface area contributed by atoms with Gasteiger partial charge in [-0.05, 0) is 18.6 Å². The summed E-state index contributed by atoms with van der Waals surface area (Å²) in [7, 11) is 0. The number of nitrogens with zero attached hydrogens (tertiary/aromatic N) is 2. The Bertz CT molecular complexity index is 739. The molecule has 96 valence electrons. The fourth-order valence-electron chi connectivity index (χ4n) is 1.86. The number of hydrogen-bond acceptors (Lipinski definition) is 4. The number of aryl methyl sites for hydroxylation is 1. The van der Waals surface area contributed by atoms with Gasteiger partial charge in [-0.3, -0.25) is 10.2 Å². The second-order valence-corrected chi connectivity index (χ2v) is 5.42. The van der Waals surface area contributed by atoms with Crippen LogP contribution in [-0.2, 0) is 6.42 Å². The first-order chi connectivity index (χ1) is 9.28. The third kappa shape index (κ3) is 2.36. The Balaban J connectivity index is 2.11. The lowest BCUT2D eigenvalue weighted by molar-refractivity contribution is 1.05. The van der Waals surface area contributed by atoms with Crippen molar-refractivity contribution in [2.75, 3.05) is 0 Å². The monoisotopic (exact) mass is 288 g/mol. The summed E-state index contributed by atoms with van der Waals surface area (Å²) in [4.78, 5) is 10.0. The molecule has 0 aliphatic carbocycles. The number of benzene rings is 1. The summed E-state index contributed by atoms with van der Waals surface area (Å²) in [6.45, 7) is 2.09. The van der Waals surface area contributed by atoms with Crippen LogP contribution in [0.25, 0.3) is 21.3 Å². The lowest BCUT2D eigenvalue weighted by Gasteiger charge is -1.92. The molecule has 0 amide bonds. The van der Waals surface area contributed by atoms with Crippen LogP contribution < -0.4 is 0 Å². The molecule has 0 radical (unpaired) electrons. The van der Waals surface area contributed by atoms with E-state index in [9.17, 15) is 0 Å². The molecule has 3 rings (SSSR count). The Morgan fingerprint density at radius 3 is 2.58 bits per heavy atom. The number of H-pyrrole nitrogens is 2. The molecule has 2 aromatic heterocycles. The Morgan fingerprint density at radius 1 is 1.16 bits per heavy atom. The van der Waals surface area contributed by atoms with Gasteiger partial charge in [0.25, 0.3) is 0 Å². The van der Waals surface area contributed by atoms with Crippen LogP contribution in [0.4, 0.5) is 0 Å². The van der Waals surface area contributed by atoms with Gasteiger partial charge in [0.15, 0.2) is 5.82 Å². The SMILES string of the molecule is CCc1nc(-c2ccccc2)sc1-c1nc(=S)[nH][nH]1. The summed E-state index contributed by atoms with van der Waals surface area (Å²) in [6, 6.07) is 10.2. The van der Waals surface area contributed by atoms with E-state index in [-0.39, 0.29) is 0 Å². The van der Waals surface area contributed by atoms with Crippen molar-refractivity contribution in [1.29, 1.82) is 0 Å². The fourth-order valence-corrected chi connectivity index (χ4v) is 3.10. The molecule has 3 aromatic rings. The maximum absolute atomic E-state index is 5.00. The Morgan fingerprint density at radius 2 is 1.95 bits per heavy atom. The van der Waals surface area contributed by atoms with E-state index in [2.05, 4.69) is 34.2 Å². The molecule has 0 saturated carbocycles. The van der Waals surface area contributed by atoms with Gasteiger partial charge in [0.05, 0.1) is 10.6 Å². The van der Waals surface area contributed by atoms with Crippen LogP contribution in [0.1, 0.15) is 12.6 Å². The number of aromatic amines is 2. The molecular weight excluding hydrogens is 276 g/mol. The van der Waals surface area contributed by atoms with Gasteiger partial charge < -0.3 is 0 Å². The summed E-state index contributed by atoms with van der Waals surface area (Å²) in [5.41, 5.74) is 2.17. The third-order valence-electron chi connectivity index (χ3n) is 2.77. The van der Waals surface area contributed by atoms with E-state index in [1.54, 1.807) is 11.3 Å². The third-order valence-corrected chi connectivity index (χ3v) is 4.12. The van der Waals surface area contributed by atoms with Crippen molar-refractivity contribution in [2.45, 2.75) is 13.3 Å². The largest absolute Gasteiger partial charge is 0.281 e. The zero-order valence-corrected chi connectivity index (χ0v) is 11.9. The first-order valence-electron chi connectivity index (χ1n) is 5.98. The molecule has 0 aliphatic rings. The summed E-state index contributed by atoms with van der Waals surface area (Å²) < 4.78 is 0.465. The normalized spacial score (nSPS) is 10.8. The second-order valence-electron chi connectivity index (χ2n) is 4.03. The second kappa shape index (κ2) is 5.07. The molecule has 1 aromatic carbocycles. The molecule has 4 nitrogen and oxygen atoms in total. The van der Waals surface area contributed by atoms with Gasteiger partial charge in [0, 0.05) is 5.56 Å². The molecule has 19 heavy (non-hydrogen) atoms. The number of rotatable bonds is 3. The molecule has 2 heterocycles. The zero-order valence-electron chi connectivity index (χ0n) is 10.3. The highest BCUT2D eigenvalue weighted by Crippen LogP contribution is 2.33. The van der Waals surface area contributed by atoms with E-state index in [0.29, 0.717) is 4.77 Å². The van der Waals surface area contributed by atoms with Crippen LogP contribution in [0.3, 0.4) is 0 Å².